The molecule has 0 radical (unpaired) electrons. The lowest BCUT2D eigenvalue weighted by atomic mass is 10.2. The fraction of sp³-hybridized carbons (Fsp3) is 0. The summed E-state index contributed by atoms with van der Waals surface area (Å²) in [5, 5.41) is 22.8. The predicted molar refractivity (Wildman–Crippen MR) is 55.9 cm³/mol. The normalized spacial score (nSPS) is 10.1. The van der Waals surface area contributed by atoms with Gasteiger partial charge in [0.15, 0.2) is 0 Å². The number of carboxylic acid groups (broad SMARTS) is 1. The van der Waals surface area contributed by atoms with Crippen molar-refractivity contribution in [1.29, 1.82) is 0 Å². The van der Waals surface area contributed by atoms with Gasteiger partial charge in [0.25, 0.3) is 5.69 Å². The van der Waals surface area contributed by atoms with E-state index in [4.69, 9.17) is 0 Å². The summed E-state index contributed by atoms with van der Waals surface area (Å²) < 4.78 is 0. The lowest BCUT2D eigenvalue weighted by Gasteiger charge is -2.02. The maximum absolute atomic E-state index is 11.2. The average Bonchev–Trinajstić information content (AvgIpc) is 2.27. The Labute approximate surface area is 95.5 Å². The van der Waals surface area contributed by atoms with Crippen molar-refractivity contribution in [3.63, 3.8) is 0 Å². The fourth-order valence-electron chi connectivity index (χ4n) is 1.06. The first-order chi connectivity index (χ1) is 8.00. The number of nitrogens with zero attached hydrogens (tertiary/aromatic N) is 1. The Balaban J connectivity index is 2.85. The number of carboxylic acids is 1. The van der Waals surface area contributed by atoms with Gasteiger partial charge in [-0.2, -0.15) is 0 Å². The molecule has 0 aromatic heterocycles. The number of rotatable bonds is 4. The highest BCUT2D eigenvalue weighted by molar-refractivity contribution is 6.03. The van der Waals surface area contributed by atoms with Crippen molar-refractivity contribution in [2.75, 3.05) is 5.32 Å². The first kappa shape index (κ1) is 12.4. The molecular weight excluding hydrogens is 228 g/mol. The van der Waals surface area contributed by atoms with Crippen LogP contribution in [0, 0.1) is 10.1 Å². The van der Waals surface area contributed by atoms with Gasteiger partial charge in [0.2, 0.25) is 5.91 Å². The van der Waals surface area contributed by atoms with E-state index in [2.05, 4.69) is 5.32 Å². The van der Waals surface area contributed by atoms with Crippen molar-refractivity contribution in [1.82, 2.24) is 0 Å². The van der Waals surface area contributed by atoms with Gasteiger partial charge < -0.3 is 15.2 Å². The van der Waals surface area contributed by atoms with Crippen LogP contribution in [0.1, 0.15) is 0 Å². The Morgan fingerprint density at radius 1 is 1.24 bits per heavy atom. The van der Waals surface area contributed by atoms with Crippen molar-refractivity contribution in [2.24, 2.45) is 0 Å². The SMILES string of the molecule is O=C([O-])C=CC(=O)Nc1ccccc1[N+](=O)[O-]. The topological polar surface area (TPSA) is 112 Å². The molecule has 17 heavy (non-hydrogen) atoms. The number of carbonyl (C=O) groups is 2. The van der Waals surface area contributed by atoms with Crippen LogP contribution in [-0.2, 0) is 9.59 Å². The van der Waals surface area contributed by atoms with Crippen LogP contribution in [0.25, 0.3) is 0 Å². The minimum Gasteiger partial charge on any atom is -0.545 e. The Hall–Kier alpha value is -2.70. The van der Waals surface area contributed by atoms with Crippen molar-refractivity contribution < 1.29 is 19.6 Å². The monoisotopic (exact) mass is 235 g/mol. The van der Waals surface area contributed by atoms with E-state index in [1.54, 1.807) is 0 Å². The van der Waals surface area contributed by atoms with Gasteiger partial charge >= 0.3 is 0 Å². The molecule has 1 amide bonds. The molecule has 0 atom stereocenters. The summed E-state index contributed by atoms with van der Waals surface area (Å²) in [5.41, 5.74) is -0.284. The number of nitrogens with one attached hydrogen (secondary N) is 1. The first-order valence-electron chi connectivity index (χ1n) is 4.44. The molecule has 0 fully saturated rings. The molecule has 0 aliphatic carbocycles. The lowest BCUT2D eigenvalue weighted by molar-refractivity contribution is -0.383. The van der Waals surface area contributed by atoms with Crippen LogP contribution < -0.4 is 10.4 Å². The van der Waals surface area contributed by atoms with Gasteiger partial charge in [-0.3, -0.25) is 14.9 Å². The largest absolute Gasteiger partial charge is 0.545 e. The van der Waals surface area contributed by atoms with E-state index in [1.807, 2.05) is 0 Å². The number of aliphatic carboxylic acids is 1. The maximum atomic E-state index is 11.2. The van der Waals surface area contributed by atoms with Crippen LogP contribution in [0.4, 0.5) is 11.4 Å². The van der Waals surface area contributed by atoms with Gasteiger partial charge in [-0.05, 0) is 12.1 Å². The van der Waals surface area contributed by atoms with E-state index in [1.165, 1.54) is 24.3 Å². The van der Waals surface area contributed by atoms with Crippen molar-refractivity contribution in [3.05, 3.63) is 46.5 Å². The molecule has 1 aromatic rings. The van der Waals surface area contributed by atoms with Crippen molar-refractivity contribution in [3.8, 4) is 0 Å². The second-order valence-electron chi connectivity index (χ2n) is 2.92. The molecule has 7 heteroatoms. The van der Waals surface area contributed by atoms with E-state index in [-0.39, 0.29) is 11.4 Å². The zero-order valence-corrected chi connectivity index (χ0v) is 8.45. The third kappa shape index (κ3) is 3.74. The van der Waals surface area contributed by atoms with Crippen molar-refractivity contribution in [2.45, 2.75) is 0 Å². The molecule has 0 bridgehead atoms. The van der Waals surface area contributed by atoms with E-state index in [9.17, 15) is 24.8 Å². The van der Waals surface area contributed by atoms with E-state index in [0.717, 1.165) is 0 Å². The van der Waals surface area contributed by atoms with Gasteiger partial charge in [0, 0.05) is 12.1 Å². The number of carbonyl (C=O) groups excluding carboxylic acids is 2. The third-order valence-electron chi connectivity index (χ3n) is 1.73. The minimum absolute atomic E-state index is 0.00880. The van der Waals surface area contributed by atoms with Gasteiger partial charge in [-0.1, -0.05) is 12.1 Å². The van der Waals surface area contributed by atoms with Crippen LogP contribution >= 0.6 is 0 Å². The Morgan fingerprint density at radius 2 is 1.88 bits per heavy atom. The predicted octanol–water partition coefficient (Wildman–Crippen LogP) is -0.161. The van der Waals surface area contributed by atoms with Gasteiger partial charge in [-0.25, -0.2) is 0 Å². The van der Waals surface area contributed by atoms with Gasteiger partial charge in [0.05, 0.1) is 10.9 Å². The first-order valence-corrected chi connectivity index (χ1v) is 4.44. The second kappa shape index (κ2) is 5.40. The van der Waals surface area contributed by atoms with Gasteiger partial charge in [-0.15, -0.1) is 0 Å². The smallest absolute Gasteiger partial charge is 0.292 e. The van der Waals surface area contributed by atoms with Crippen LogP contribution in [0.2, 0.25) is 0 Å². The standard InChI is InChI=1S/C10H8N2O5/c13-9(5-6-10(14)15)11-7-3-1-2-4-8(7)12(16)17/h1-6H,(H,11,13)(H,14,15)/p-1. The highest BCUT2D eigenvalue weighted by Crippen LogP contribution is 2.22. The molecule has 0 unspecified atom stereocenters. The molecule has 0 aliphatic heterocycles. The molecule has 1 rings (SSSR count). The zero-order chi connectivity index (χ0) is 12.8. The number of nitro groups is 1. The van der Waals surface area contributed by atoms with E-state index in [0.29, 0.717) is 12.2 Å². The number of anilines is 1. The fourth-order valence-corrected chi connectivity index (χ4v) is 1.06. The summed E-state index contributed by atoms with van der Waals surface area (Å²) in [4.78, 5) is 31.2. The highest BCUT2D eigenvalue weighted by Gasteiger charge is 2.13. The second-order valence-corrected chi connectivity index (χ2v) is 2.92. The Morgan fingerprint density at radius 3 is 2.47 bits per heavy atom. The molecule has 0 spiro atoms. The van der Waals surface area contributed by atoms with E-state index < -0.39 is 16.8 Å². The molecule has 7 nitrogen and oxygen atoms in total. The molecule has 1 N–H and O–H groups in total. The third-order valence-corrected chi connectivity index (χ3v) is 1.73. The molecule has 0 aliphatic rings. The summed E-state index contributed by atoms with van der Waals surface area (Å²) in [6.07, 6.45) is 1.25. The number of nitro benzene ring substituents is 1. The molecule has 88 valence electrons. The van der Waals surface area contributed by atoms with Crippen LogP contribution in [0.5, 0.6) is 0 Å². The maximum Gasteiger partial charge on any atom is 0.292 e. The van der Waals surface area contributed by atoms with Crippen LogP contribution in [-0.4, -0.2) is 16.8 Å². The summed E-state index contributed by atoms with van der Waals surface area (Å²) >= 11 is 0. The molecule has 0 heterocycles. The van der Waals surface area contributed by atoms with Gasteiger partial charge in [0.1, 0.15) is 5.69 Å². The summed E-state index contributed by atoms with van der Waals surface area (Å²) in [5.74, 6) is -2.31. The number of para-hydroxylation sites is 2. The number of hydrogen-bond acceptors (Lipinski definition) is 5. The van der Waals surface area contributed by atoms with E-state index >= 15 is 0 Å². The number of amides is 1. The summed E-state index contributed by atoms with van der Waals surface area (Å²) in [6.45, 7) is 0. The molecule has 0 saturated heterocycles. The van der Waals surface area contributed by atoms with Crippen molar-refractivity contribution >= 4 is 23.3 Å². The summed E-state index contributed by atoms with van der Waals surface area (Å²) in [6, 6.07) is 5.51. The Bertz CT molecular complexity index is 495. The quantitative estimate of drug-likeness (QED) is 0.442. The summed E-state index contributed by atoms with van der Waals surface area (Å²) in [7, 11) is 0. The molecular formula is C10H7N2O5-. The van der Waals surface area contributed by atoms with Crippen LogP contribution in [0.15, 0.2) is 36.4 Å². The average molecular weight is 235 g/mol. The lowest BCUT2D eigenvalue weighted by Crippen LogP contribution is -2.20. The van der Waals surface area contributed by atoms with Crippen LogP contribution in [0.3, 0.4) is 0 Å². The number of hydrogen-bond donors (Lipinski definition) is 1. The zero-order valence-electron chi connectivity index (χ0n) is 8.45. The Kier molecular flexibility index (Phi) is 3.93. The molecule has 1 aromatic carbocycles. The highest BCUT2D eigenvalue weighted by atomic mass is 16.6. The number of benzene rings is 1. The minimum atomic E-state index is -1.53. The molecule has 0 saturated carbocycles.